The summed E-state index contributed by atoms with van der Waals surface area (Å²) in [7, 11) is -0.529. The summed E-state index contributed by atoms with van der Waals surface area (Å²) in [5.41, 5.74) is 3.97. The first-order valence-electron chi connectivity index (χ1n) is 9.45. The lowest BCUT2D eigenvalue weighted by Gasteiger charge is -2.19. The fourth-order valence-corrected chi connectivity index (χ4v) is 7.59. The van der Waals surface area contributed by atoms with Crippen LogP contribution in [0.5, 0.6) is 5.75 Å². The third-order valence-electron chi connectivity index (χ3n) is 5.10. The van der Waals surface area contributed by atoms with Gasteiger partial charge in [0, 0.05) is 20.5 Å². The molecule has 0 atom stereocenters. The van der Waals surface area contributed by atoms with E-state index in [2.05, 4.69) is 153 Å². The van der Waals surface area contributed by atoms with Gasteiger partial charge in [0.2, 0.25) is 0 Å². The van der Waals surface area contributed by atoms with Crippen molar-refractivity contribution in [2.75, 3.05) is 0 Å². The smallest absolute Gasteiger partial charge is 0.119 e. The summed E-state index contributed by atoms with van der Waals surface area (Å²) >= 11 is 7.14. The lowest BCUT2D eigenvalue weighted by atomic mass is 10.1. The molecule has 30 heavy (non-hydrogen) atoms. The molecule has 5 heteroatoms. The van der Waals surface area contributed by atoms with Crippen LogP contribution >= 0.6 is 78.7 Å². The van der Waals surface area contributed by atoms with Crippen LogP contribution in [0.1, 0.15) is 5.56 Å². The molecule has 1 nitrogen and oxygen atoms in total. The molecule has 4 aromatic carbocycles. The monoisotopic (exact) mass is 746 g/mol. The maximum absolute atomic E-state index is 6.02. The van der Waals surface area contributed by atoms with E-state index in [-0.39, 0.29) is 0 Å². The van der Waals surface area contributed by atoms with Crippen LogP contribution < -0.4 is 4.74 Å². The maximum atomic E-state index is 6.02. The number of ether oxygens (including phenoxy) is 1. The molecule has 0 spiro atoms. The van der Waals surface area contributed by atoms with Gasteiger partial charge in [0.25, 0.3) is 0 Å². The molecule has 0 saturated carbocycles. The van der Waals surface area contributed by atoms with Crippen LogP contribution in [0.25, 0.3) is 11.1 Å². The molecule has 0 saturated heterocycles. The minimum absolute atomic E-state index is 0.529. The second kappa shape index (κ2) is 8.99. The molecule has 0 aliphatic carbocycles. The van der Waals surface area contributed by atoms with E-state index >= 15 is 0 Å². The highest BCUT2D eigenvalue weighted by molar-refractivity contribution is 14.1. The SMILES string of the molecule is Ic1ccc(COc2ccc([SH]3c4ccc(I)cc4-c4cc(I)ccc43)cc2)cc1. The first-order chi connectivity index (χ1) is 14.6. The molecule has 150 valence electrons. The van der Waals surface area contributed by atoms with E-state index in [0.29, 0.717) is 6.61 Å². The summed E-state index contributed by atoms with van der Waals surface area (Å²) in [6, 6.07) is 30.9. The lowest BCUT2D eigenvalue weighted by molar-refractivity contribution is 0.306. The minimum Gasteiger partial charge on any atom is -0.489 e. The van der Waals surface area contributed by atoms with E-state index in [0.717, 1.165) is 5.75 Å². The van der Waals surface area contributed by atoms with E-state index in [1.54, 1.807) is 0 Å². The third kappa shape index (κ3) is 4.27. The van der Waals surface area contributed by atoms with Crippen LogP contribution in [0.2, 0.25) is 0 Å². The largest absolute Gasteiger partial charge is 0.489 e. The Hall–Kier alpha value is -0.780. The van der Waals surface area contributed by atoms with Gasteiger partial charge >= 0.3 is 0 Å². The van der Waals surface area contributed by atoms with Crippen molar-refractivity contribution in [1.82, 2.24) is 0 Å². The van der Waals surface area contributed by atoms with E-state index in [4.69, 9.17) is 4.74 Å². The van der Waals surface area contributed by atoms with Gasteiger partial charge in [-0.15, -0.1) is 0 Å². The molecular weight excluding hydrogens is 729 g/mol. The van der Waals surface area contributed by atoms with Gasteiger partial charge in [-0.2, -0.15) is 10.9 Å². The summed E-state index contributed by atoms with van der Waals surface area (Å²) in [6.07, 6.45) is 0. The van der Waals surface area contributed by atoms with Gasteiger partial charge in [-0.1, -0.05) is 12.1 Å². The number of rotatable bonds is 4. The Kier molecular flexibility index (Phi) is 6.32. The van der Waals surface area contributed by atoms with Crippen LogP contribution in [-0.4, -0.2) is 0 Å². The maximum Gasteiger partial charge on any atom is 0.119 e. The van der Waals surface area contributed by atoms with Crippen LogP contribution in [-0.2, 0) is 6.61 Å². The second-order valence-electron chi connectivity index (χ2n) is 7.07. The summed E-state index contributed by atoms with van der Waals surface area (Å²) in [5, 5.41) is 0. The number of hydrogen-bond acceptors (Lipinski definition) is 1. The Balaban J connectivity index is 1.44. The topological polar surface area (TPSA) is 9.23 Å². The van der Waals surface area contributed by atoms with Gasteiger partial charge in [0.05, 0.1) is 0 Å². The van der Waals surface area contributed by atoms with Crippen LogP contribution in [0.4, 0.5) is 0 Å². The zero-order chi connectivity index (χ0) is 20.7. The van der Waals surface area contributed by atoms with Crippen LogP contribution in [0, 0.1) is 10.7 Å². The minimum atomic E-state index is -0.529. The Morgan fingerprint density at radius 1 is 0.600 bits per heavy atom. The highest BCUT2D eigenvalue weighted by Gasteiger charge is 2.27. The second-order valence-corrected chi connectivity index (χ2v) is 13.0. The van der Waals surface area contributed by atoms with Crippen molar-refractivity contribution in [2.24, 2.45) is 0 Å². The summed E-state index contributed by atoms with van der Waals surface area (Å²) < 4.78 is 9.83. The van der Waals surface area contributed by atoms with E-state index in [1.165, 1.54) is 42.1 Å². The van der Waals surface area contributed by atoms with Crippen LogP contribution in [0.3, 0.4) is 0 Å². The summed E-state index contributed by atoms with van der Waals surface area (Å²) in [6.45, 7) is 0.591. The molecule has 1 heterocycles. The average molecular weight is 746 g/mol. The molecule has 0 N–H and O–H groups in total. The predicted molar refractivity (Wildman–Crippen MR) is 151 cm³/mol. The van der Waals surface area contributed by atoms with Gasteiger partial charge in [-0.3, -0.25) is 0 Å². The third-order valence-corrected chi connectivity index (χ3v) is 9.72. The number of halogens is 3. The molecule has 1 aliphatic heterocycles. The van der Waals surface area contributed by atoms with Crippen LogP contribution in [0.15, 0.2) is 99.6 Å². The fraction of sp³-hybridized carbons (Fsp3) is 0.0400. The summed E-state index contributed by atoms with van der Waals surface area (Å²) in [5.74, 6) is 0.914. The highest BCUT2D eigenvalue weighted by atomic mass is 127. The van der Waals surface area contributed by atoms with Crippen molar-refractivity contribution in [3.63, 3.8) is 0 Å². The fourth-order valence-electron chi connectivity index (χ4n) is 3.68. The Labute approximate surface area is 220 Å². The molecule has 0 aromatic heterocycles. The standard InChI is InChI=1S/C25H17I3OS/c26-17-3-1-16(2-4-17)15-29-20-7-9-21(10-8-20)30-24-11-5-18(27)13-22(24)23-14-19(28)6-12-25(23)30/h1-14,30H,15H2. The van der Waals surface area contributed by atoms with E-state index in [9.17, 15) is 0 Å². The molecule has 0 unspecified atom stereocenters. The zero-order valence-corrected chi connectivity index (χ0v) is 23.1. The number of fused-ring (bicyclic) bond motifs is 3. The Bertz CT molecular complexity index is 1170. The molecule has 0 bridgehead atoms. The van der Waals surface area contributed by atoms with Crippen molar-refractivity contribution in [1.29, 1.82) is 0 Å². The number of thiol groups is 1. The molecular formula is C25H17I3OS. The number of benzene rings is 4. The van der Waals surface area contributed by atoms with Gasteiger partial charge in [-0.25, -0.2) is 0 Å². The highest BCUT2D eigenvalue weighted by Crippen LogP contribution is 2.62. The van der Waals surface area contributed by atoms with E-state index in [1.807, 2.05) is 0 Å². The molecule has 0 amide bonds. The average Bonchev–Trinajstić information content (AvgIpc) is 3.06. The van der Waals surface area contributed by atoms with Crippen molar-refractivity contribution in [3.05, 3.63) is 101 Å². The summed E-state index contributed by atoms with van der Waals surface area (Å²) in [4.78, 5) is 4.28. The van der Waals surface area contributed by atoms with Gasteiger partial charge in [0.15, 0.2) is 0 Å². The molecule has 4 aromatic rings. The quantitative estimate of drug-likeness (QED) is 0.143. The van der Waals surface area contributed by atoms with Crippen molar-refractivity contribution < 1.29 is 4.74 Å². The van der Waals surface area contributed by atoms with Gasteiger partial charge < -0.3 is 4.74 Å². The first-order valence-corrected chi connectivity index (χ1v) is 14.0. The van der Waals surface area contributed by atoms with Crippen molar-refractivity contribution in [3.8, 4) is 16.9 Å². The van der Waals surface area contributed by atoms with Gasteiger partial charge in [-0.05, 0) is 162 Å². The predicted octanol–water partition coefficient (Wildman–Crippen LogP) is 8.54. The van der Waals surface area contributed by atoms with Crippen molar-refractivity contribution in [2.45, 2.75) is 21.3 Å². The van der Waals surface area contributed by atoms with E-state index < -0.39 is 10.9 Å². The van der Waals surface area contributed by atoms with Crippen molar-refractivity contribution >= 4 is 78.7 Å². The molecule has 0 radical (unpaired) electrons. The lowest BCUT2D eigenvalue weighted by Crippen LogP contribution is -1.95. The first kappa shape index (κ1) is 21.1. The number of hydrogen-bond donors (Lipinski definition) is 1. The molecule has 5 rings (SSSR count). The molecule has 0 fully saturated rings. The van der Waals surface area contributed by atoms with Gasteiger partial charge in [0.1, 0.15) is 12.4 Å². The Morgan fingerprint density at radius 2 is 1.13 bits per heavy atom. The normalized spacial score (nSPS) is 13.1. The Morgan fingerprint density at radius 3 is 1.70 bits per heavy atom. The zero-order valence-electron chi connectivity index (χ0n) is 15.8. The molecule has 1 aliphatic rings.